The minimum atomic E-state index is -0.134. The Hall–Kier alpha value is -1.91. The van der Waals surface area contributed by atoms with Crippen molar-refractivity contribution in [3.05, 3.63) is 41.5 Å². The number of anilines is 1. The lowest BCUT2D eigenvalue weighted by Crippen LogP contribution is -2.19. The van der Waals surface area contributed by atoms with E-state index in [1.165, 1.54) is 16.5 Å². The van der Waals surface area contributed by atoms with Gasteiger partial charge < -0.3 is 14.8 Å². The normalized spacial score (nSPS) is 12.8. The highest BCUT2D eigenvalue weighted by Crippen LogP contribution is 2.34. The molecule has 1 N–H and O–H groups in total. The number of amides is 1. The molecule has 0 radical (unpaired) electrons. The minimum absolute atomic E-state index is 0.0479. The molecule has 0 aliphatic heterocycles. The molecule has 0 unspecified atom stereocenters. The van der Waals surface area contributed by atoms with E-state index in [9.17, 15) is 4.79 Å². The van der Waals surface area contributed by atoms with Crippen LogP contribution in [-0.4, -0.2) is 32.8 Å². The molecule has 0 atom stereocenters. The molecule has 0 aromatic heterocycles. The molecule has 2 aromatic rings. The minimum Gasteiger partial charge on any atom is -0.382 e. The molecule has 3 rings (SSSR count). The average Bonchev–Trinajstić information content (AvgIpc) is 2.92. The highest BCUT2D eigenvalue weighted by atomic mass is 16.5. The third-order valence-corrected chi connectivity index (χ3v) is 3.82. The van der Waals surface area contributed by atoms with Gasteiger partial charge in [-0.3, -0.25) is 4.79 Å². The van der Waals surface area contributed by atoms with Crippen LogP contribution in [0, 0.1) is 0 Å². The molecule has 1 aliphatic carbocycles. The van der Waals surface area contributed by atoms with E-state index in [0.29, 0.717) is 13.2 Å². The number of rotatable bonds is 6. The molecule has 0 saturated carbocycles. The van der Waals surface area contributed by atoms with Gasteiger partial charge in [0.1, 0.15) is 6.61 Å². The lowest BCUT2D eigenvalue weighted by molar-refractivity contribution is -0.121. The summed E-state index contributed by atoms with van der Waals surface area (Å²) >= 11 is 0. The fraction of sp³-hybridized carbons (Fsp3) is 0.353. The summed E-state index contributed by atoms with van der Waals surface area (Å²) in [4.78, 5) is 11.9. The molecule has 4 heteroatoms. The Morgan fingerprint density at radius 2 is 1.95 bits per heavy atom. The highest BCUT2D eigenvalue weighted by molar-refractivity contribution is 6.05. The largest absolute Gasteiger partial charge is 0.382 e. The van der Waals surface area contributed by atoms with E-state index in [0.717, 1.165) is 23.9 Å². The van der Waals surface area contributed by atoms with Gasteiger partial charge in [-0.1, -0.05) is 24.3 Å². The maximum Gasteiger partial charge on any atom is 0.250 e. The number of nitrogens with one attached hydrogen (secondary N) is 1. The van der Waals surface area contributed by atoms with Crippen LogP contribution in [0.5, 0.6) is 0 Å². The van der Waals surface area contributed by atoms with Crippen molar-refractivity contribution in [1.29, 1.82) is 0 Å². The van der Waals surface area contributed by atoms with Crippen LogP contribution in [0.25, 0.3) is 10.8 Å². The zero-order chi connectivity index (χ0) is 14.7. The van der Waals surface area contributed by atoms with E-state index in [-0.39, 0.29) is 12.5 Å². The number of carbonyl (C=O) groups excluding carboxylic acids is 1. The molecule has 0 spiro atoms. The van der Waals surface area contributed by atoms with E-state index in [1.54, 1.807) is 7.11 Å². The number of aryl methyl sites for hydroxylation is 2. The van der Waals surface area contributed by atoms with Gasteiger partial charge in [-0.05, 0) is 35.4 Å². The zero-order valence-electron chi connectivity index (χ0n) is 12.1. The maximum atomic E-state index is 11.9. The molecule has 21 heavy (non-hydrogen) atoms. The first kappa shape index (κ1) is 14.0. The molecule has 2 aromatic carbocycles. The van der Waals surface area contributed by atoms with E-state index in [1.807, 2.05) is 6.07 Å². The molecule has 0 fully saturated rings. The van der Waals surface area contributed by atoms with Crippen molar-refractivity contribution in [3.8, 4) is 0 Å². The summed E-state index contributed by atoms with van der Waals surface area (Å²) in [6, 6.07) is 10.4. The van der Waals surface area contributed by atoms with Crippen molar-refractivity contribution in [3.63, 3.8) is 0 Å². The van der Waals surface area contributed by atoms with Crippen molar-refractivity contribution in [2.75, 3.05) is 32.2 Å². The topological polar surface area (TPSA) is 47.6 Å². The third-order valence-electron chi connectivity index (χ3n) is 3.82. The number of methoxy groups -OCH3 is 1. The van der Waals surface area contributed by atoms with Crippen molar-refractivity contribution < 1.29 is 14.3 Å². The number of ether oxygens (including phenoxy) is 2. The Morgan fingerprint density at radius 3 is 2.76 bits per heavy atom. The summed E-state index contributed by atoms with van der Waals surface area (Å²) in [5, 5.41) is 5.36. The molecule has 0 bridgehead atoms. The summed E-state index contributed by atoms with van der Waals surface area (Å²) in [6.07, 6.45) is 2.18. The van der Waals surface area contributed by atoms with Gasteiger partial charge in [0.15, 0.2) is 0 Å². The molecular weight excluding hydrogens is 266 g/mol. The average molecular weight is 285 g/mol. The van der Waals surface area contributed by atoms with Gasteiger partial charge in [-0.2, -0.15) is 0 Å². The molecule has 4 nitrogen and oxygen atoms in total. The Balaban J connectivity index is 1.75. The first-order valence-corrected chi connectivity index (χ1v) is 7.19. The first-order valence-electron chi connectivity index (χ1n) is 7.19. The SMILES string of the molecule is COCCOCC(=O)Nc1ccc2c3c(cccc13)CC2. The zero-order valence-corrected chi connectivity index (χ0v) is 12.1. The second kappa shape index (κ2) is 6.24. The molecule has 110 valence electrons. The predicted molar refractivity (Wildman–Crippen MR) is 82.7 cm³/mol. The van der Waals surface area contributed by atoms with Crippen LogP contribution >= 0.6 is 0 Å². The van der Waals surface area contributed by atoms with E-state index in [2.05, 4.69) is 29.6 Å². The van der Waals surface area contributed by atoms with Crippen LogP contribution in [0.3, 0.4) is 0 Å². The second-order valence-electron chi connectivity index (χ2n) is 5.21. The lowest BCUT2D eigenvalue weighted by atomic mass is 10.0. The molecule has 0 heterocycles. The fourth-order valence-corrected chi connectivity index (χ4v) is 2.85. The first-order chi connectivity index (χ1) is 10.3. The van der Waals surface area contributed by atoms with Crippen LogP contribution < -0.4 is 5.32 Å². The summed E-state index contributed by atoms with van der Waals surface area (Å²) in [5.74, 6) is -0.134. The van der Waals surface area contributed by atoms with Crippen LogP contribution in [0.4, 0.5) is 5.69 Å². The monoisotopic (exact) mass is 285 g/mol. The summed E-state index contributed by atoms with van der Waals surface area (Å²) in [7, 11) is 1.61. The summed E-state index contributed by atoms with van der Waals surface area (Å²) in [6.45, 7) is 0.967. The van der Waals surface area contributed by atoms with Gasteiger partial charge in [0, 0.05) is 18.2 Å². The summed E-state index contributed by atoms with van der Waals surface area (Å²) in [5.41, 5.74) is 3.60. The highest BCUT2D eigenvalue weighted by Gasteiger charge is 2.16. The van der Waals surface area contributed by atoms with Crippen molar-refractivity contribution in [1.82, 2.24) is 0 Å². The Labute approximate surface area is 124 Å². The van der Waals surface area contributed by atoms with Gasteiger partial charge in [0.25, 0.3) is 0 Å². The van der Waals surface area contributed by atoms with Crippen molar-refractivity contribution in [2.24, 2.45) is 0 Å². The van der Waals surface area contributed by atoms with Gasteiger partial charge in [0.2, 0.25) is 5.91 Å². The van der Waals surface area contributed by atoms with Gasteiger partial charge >= 0.3 is 0 Å². The molecule has 1 amide bonds. The Bertz CT molecular complexity index is 656. The van der Waals surface area contributed by atoms with Gasteiger partial charge in [0.05, 0.1) is 13.2 Å². The van der Waals surface area contributed by atoms with Crippen LogP contribution in [0.15, 0.2) is 30.3 Å². The number of hydrogen-bond acceptors (Lipinski definition) is 3. The van der Waals surface area contributed by atoms with Crippen LogP contribution in [-0.2, 0) is 27.1 Å². The van der Waals surface area contributed by atoms with Crippen molar-refractivity contribution in [2.45, 2.75) is 12.8 Å². The van der Waals surface area contributed by atoms with Crippen molar-refractivity contribution >= 4 is 22.4 Å². The second-order valence-corrected chi connectivity index (χ2v) is 5.21. The Kier molecular flexibility index (Phi) is 4.18. The lowest BCUT2D eigenvalue weighted by Gasteiger charge is -2.11. The van der Waals surface area contributed by atoms with Crippen LogP contribution in [0.1, 0.15) is 11.1 Å². The predicted octanol–water partition coefficient (Wildman–Crippen LogP) is 2.54. The molecular formula is C17H19NO3. The third kappa shape index (κ3) is 2.91. The standard InChI is InChI=1S/C17H19NO3/c1-20-9-10-21-11-16(19)18-15-8-7-13-6-5-12-3-2-4-14(15)17(12)13/h2-4,7-8H,5-6,9-11H2,1H3,(H,18,19). The maximum absolute atomic E-state index is 11.9. The quantitative estimate of drug-likeness (QED) is 0.830. The Morgan fingerprint density at radius 1 is 1.14 bits per heavy atom. The number of hydrogen-bond donors (Lipinski definition) is 1. The molecule has 0 saturated heterocycles. The van der Waals surface area contributed by atoms with Gasteiger partial charge in [-0.15, -0.1) is 0 Å². The number of carbonyl (C=O) groups is 1. The molecule has 1 aliphatic rings. The van der Waals surface area contributed by atoms with E-state index in [4.69, 9.17) is 9.47 Å². The summed E-state index contributed by atoms with van der Waals surface area (Å²) < 4.78 is 10.1. The van der Waals surface area contributed by atoms with Crippen LogP contribution in [0.2, 0.25) is 0 Å². The fourth-order valence-electron chi connectivity index (χ4n) is 2.85. The smallest absolute Gasteiger partial charge is 0.250 e. The van der Waals surface area contributed by atoms with Gasteiger partial charge in [-0.25, -0.2) is 0 Å². The number of benzene rings is 2. The van der Waals surface area contributed by atoms with E-state index < -0.39 is 0 Å². The van der Waals surface area contributed by atoms with E-state index >= 15 is 0 Å².